The molecule has 7 nitrogen and oxygen atoms in total. The molecule has 1 aromatic heterocycles. The molecule has 1 fully saturated rings. The molecule has 2 heterocycles. The van der Waals surface area contributed by atoms with Crippen LogP contribution < -0.4 is 9.47 Å². The van der Waals surface area contributed by atoms with Crippen LogP contribution in [0.25, 0.3) is 5.76 Å². The highest BCUT2D eigenvalue weighted by Crippen LogP contribution is 2.41. The maximum Gasteiger partial charge on any atom is 0.295 e. The van der Waals surface area contributed by atoms with Gasteiger partial charge in [0.05, 0.1) is 11.6 Å². The molecule has 2 aromatic carbocycles. The van der Waals surface area contributed by atoms with Crippen LogP contribution in [-0.2, 0) is 16.1 Å². The number of hydrogen-bond acceptors (Lipinski definition) is 6. The Morgan fingerprint density at radius 3 is 2.43 bits per heavy atom. The minimum Gasteiger partial charge on any atom is -0.507 e. The quantitative estimate of drug-likeness (QED) is 0.181. The fourth-order valence-electron chi connectivity index (χ4n) is 4.24. The third-order valence-electron chi connectivity index (χ3n) is 5.98. The Kier molecular flexibility index (Phi) is 7.83. The first-order chi connectivity index (χ1) is 17.9. The molecule has 0 spiro atoms. The van der Waals surface area contributed by atoms with Crippen molar-refractivity contribution in [2.45, 2.75) is 19.5 Å². The van der Waals surface area contributed by atoms with E-state index in [9.17, 15) is 14.7 Å². The van der Waals surface area contributed by atoms with Crippen molar-refractivity contribution < 1.29 is 24.2 Å². The van der Waals surface area contributed by atoms with E-state index in [0.717, 1.165) is 11.1 Å². The molecule has 1 aliphatic rings. The Morgan fingerprint density at radius 2 is 1.78 bits per heavy atom. The van der Waals surface area contributed by atoms with Crippen LogP contribution >= 0.6 is 0 Å². The molecule has 3 aromatic rings. The van der Waals surface area contributed by atoms with Crippen LogP contribution in [0.1, 0.15) is 28.3 Å². The van der Waals surface area contributed by atoms with Gasteiger partial charge < -0.3 is 19.5 Å². The highest BCUT2D eigenvalue weighted by atomic mass is 16.5. The summed E-state index contributed by atoms with van der Waals surface area (Å²) in [6.45, 7) is 9.99. The Morgan fingerprint density at radius 1 is 1.05 bits per heavy atom. The number of pyridine rings is 1. The van der Waals surface area contributed by atoms with Gasteiger partial charge >= 0.3 is 0 Å². The summed E-state index contributed by atoms with van der Waals surface area (Å²) in [4.78, 5) is 32.1. The standard InChI is InChI=1S/C30H28N2O5/c1-4-15-36-24-11-8-22(9-12-24)27-26(28(33)23-10-13-25(20(3)17-23)37-16-5-2)29(34)30(35)32(27)19-21-7-6-14-31-18-21/h4-14,17-18,27,33H,1-2,15-16,19H2,3H3/t27-/m0/s1. The first kappa shape index (κ1) is 25.4. The molecule has 0 unspecified atom stereocenters. The van der Waals surface area contributed by atoms with E-state index in [1.165, 1.54) is 4.90 Å². The van der Waals surface area contributed by atoms with Crippen LogP contribution in [0.15, 0.2) is 97.9 Å². The second-order valence-corrected chi connectivity index (χ2v) is 8.54. The topological polar surface area (TPSA) is 89.0 Å². The second kappa shape index (κ2) is 11.4. The Labute approximate surface area is 216 Å². The van der Waals surface area contributed by atoms with Crippen LogP contribution in [0.3, 0.4) is 0 Å². The van der Waals surface area contributed by atoms with E-state index in [1.807, 2.05) is 13.0 Å². The number of aliphatic hydroxyl groups excluding tert-OH is 1. The average molecular weight is 497 g/mol. The SMILES string of the molecule is C=CCOc1ccc([C@H]2C(=C(O)c3ccc(OCC=C)c(C)c3)C(=O)C(=O)N2Cc2cccnc2)cc1. The van der Waals surface area contributed by atoms with Gasteiger partial charge in [-0.25, -0.2) is 0 Å². The number of hydrogen-bond donors (Lipinski definition) is 1. The summed E-state index contributed by atoms with van der Waals surface area (Å²) in [6, 6.07) is 15.0. The number of ether oxygens (including phenoxy) is 2. The van der Waals surface area contributed by atoms with Crippen LogP contribution in [0.5, 0.6) is 11.5 Å². The van der Waals surface area contributed by atoms with E-state index in [0.29, 0.717) is 35.8 Å². The highest BCUT2D eigenvalue weighted by Gasteiger charge is 2.46. The number of aliphatic hydroxyl groups is 1. The van der Waals surface area contributed by atoms with E-state index < -0.39 is 17.7 Å². The third kappa shape index (κ3) is 5.46. The number of Topliss-reactive ketones (excluding diaryl/α,β-unsaturated/α-hetero) is 1. The van der Waals surface area contributed by atoms with Gasteiger partial charge in [-0.15, -0.1) is 0 Å². The van der Waals surface area contributed by atoms with E-state index in [4.69, 9.17) is 9.47 Å². The van der Waals surface area contributed by atoms with Gasteiger partial charge in [-0.1, -0.05) is 43.5 Å². The summed E-state index contributed by atoms with van der Waals surface area (Å²) in [5, 5.41) is 11.4. The zero-order valence-electron chi connectivity index (χ0n) is 20.6. The highest BCUT2D eigenvalue weighted by molar-refractivity contribution is 6.46. The lowest BCUT2D eigenvalue weighted by molar-refractivity contribution is -0.140. The van der Waals surface area contributed by atoms with Crippen molar-refractivity contribution in [2.75, 3.05) is 13.2 Å². The number of benzene rings is 2. The van der Waals surface area contributed by atoms with E-state index >= 15 is 0 Å². The smallest absolute Gasteiger partial charge is 0.295 e. The molecule has 0 aliphatic carbocycles. The molecule has 0 radical (unpaired) electrons. The van der Waals surface area contributed by atoms with Gasteiger partial charge in [0.1, 0.15) is 30.5 Å². The van der Waals surface area contributed by atoms with Crippen LogP contribution in [0.2, 0.25) is 0 Å². The number of amides is 1. The van der Waals surface area contributed by atoms with Gasteiger partial charge in [-0.3, -0.25) is 14.6 Å². The minimum atomic E-state index is -0.800. The number of aryl methyl sites for hydroxylation is 1. The summed E-state index contributed by atoms with van der Waals surface area (Å²) in [6.07, 6.45) is 6.58. The number of rotatable bonds is 10. The maximum atomic E-state index is 13.3. The Hall–Kier alpha value is -4.65. The summed E-state index contributed by atoms with van der Waals surface area (Å²) in [5.41, 5.74) is 2.64. The fourth-order valence-corrected chi connectivity index (χ4v) is 4.24. The van der Waals surface area contributed by atoms with Crippen LogP contribution in [0, 0.1) is 6.92 Å². The van der Waals surface area contributed by atoms with Crippen molar-refractivity contribution >= 4 is 17.4 Å². The monoisotopic (exact) mass is 496 g/mol. The van der Waals surface area contributed by atoms with Crippen molar-refractivity contribution in [1.82, 2.24) is 9.88 Å². The van der Waals surface area contributed by atoms with Gasteiger partial charge in [0.25, 0.3) is 11.7 Å². The Balaban J connectivity index is 1.79. The number of carbonyl (C=O) groups is 2. The molecular weight excluding hydrogens is 468 g/mol. The molecule has 1 N–H and O–H groups in total. The van der Waals surface area contributed by atoms with E-state index in [2.05, 4.69) is 18.1 Å². The Bertz CT molecular complexity index is 1350. The summed E-state index contributed by atoms with van der Waals surface area (Å²) in [5.74, 6) is -0.422. The van der Waals surface area contributed by atoms with Crippen molar-refractivity contribution in [3.8, 4) is 11.5 Å². The van der Waals surface area contributed by atoms with E-state index in [-0.39, 0.29) is 17.9 Å². The van der Waals surface area contributed by atoms with Crippen molar-refractivity contribution in [2.24, 2.45) is 0 Å². The minimum absolute atomic E-state index is 0.0211. The van der Waals surface area contributed by atoms with Crippen molar-refractivity contribution in [3.05, 3.63) is 120 Å². The predicted octanol–water partition coefficient (Wildman–Crippen LogP) is 5.14. The van der Waals surface area contributed by atoms with Gasteiger partial charge in [0.2, 0.25) is 0 Å². The molecule has 0 saturated carbocycles. The lowest BCUT2D eigenvalue weighted by atomic mass is 9.94. The average Bonchev–Trinajstić information content (AvgIpc) is 3.16. The molecule has 188 valence electrons. The third-order valence-corrected chi connectivity index (χ3v) is 5.98. The molecule has 7 heteroatoms. The number of aromatic nitrogens is 1. The summed E-state index contributed by atoms with van der Waals surface area (Å²) in [7, 11) is 0. The van der Waals surface area contributed by atoms with Crippen LogP contribution in [-0.4, -0.2) is 39.9 Å². The van der Waals surface area contributed by atoms with Crippen molar-refractivity contribution in [3.63, 3.8) is 0 Å². The zero-order valence-corrected chi connectivity index (χ0v) is 20.6. The molecule has 1 amide bonds. The van der Waals surface area contributed by atoms with E-state index in [1.54, 1.807) is 73.1 Å². The molecule has 0 bridgehead atoms. The summed E-state index contributed by atoms with van der Waals surface area (Å²) >= 11 is 0. The number of nitrogens with zero attached hydrogens (tertiary/aromatic N) is 2. The molecule has 4 rings (SSSR count). The predicted molar refractivity (Wildman–Crippen MR) is 141 cm³/mol. The summed E-state index contributed by atoms with van der Waals surface area (Å²) < 4.78 is 11.2. The molecular formula is C30H28N2O5. The second-order valence-electron chi connectivity index (χ2n) is 8.54. The normalized spacial score (nSPS) is 16.5. The van der Waals surface area contributed by atoms with Gasteiger partial charge in [0.15, 0.2) is 0 Å². The molecule has 1 atom stereocenters. The lowest BCUT2D eigenvalue weighted by Crippen LogP contribution is -2.29. The van der Waals surface area contributed by atoms with Crippen molar-refractivity contribution in [1.29, 1.82) is 0 Å². The molecule has 1 saturated heterocycles. The lowest BCUT2D eigenvalue weighted by Gasteiger charge is -2.25. The largest absolute Gasteiger partial charge is 0.507 e. The zero-order chi connectivity index (χ0) is 26.4. The maximum absolute atomic E-state index is 13.3. The molecule has 1 aliphatic heterocycles. The number of likely N-dealkylation sites (tertiary alicyclic amines) is 1. The van der Waals surface area contributed by atoms with Gasteiger partial charge in [0, 0.05) is 24.5 Å². The van der Waals surface area contributed by atoms with Gasteiger partial charge in [-0.05, 0) is 60.0 Å². The number of ketones is 1. The van der Waals surface area contributed by atoms with Crippen LogP contribution in [0.4, 0.5) is 0 Å². The number of carbonyl (C=O) groups excluding carboxylic acids is 2. The fraction of sp³-hybridized carbons (Fsp3) is 0.167. The van der Waals surface area contributed by atoms with Gasteiger partial charge in [-0.2, -0.15) is 0 Å². The first-order valence-electron chi connectivity index (χ1n) is 11.8. The molecule has 37 heavy (non-hydrogen) atoms. The first-order valence-corrected chi connectivity index (χ1v) is 11.8.